The number of rotatable bonds is 1. The van der Waals surface area contributed by atoms with Crippen molar-refractivity contribution in [1.29, 1.82) is 0 Å². The molecule has 0 aliphatic rings. The van der Waals surface area contributed by atoms with E-state index < -0.39 is 0 Å². The van der Waals surface area contributed by atoms with Gasteiger partial charge in [0.2, 0.25) is 0 Å². The number of aromatic nitrogens is 2. The van der Waals surface area contributed by atoms with Crippen LogP contribution >= 0.6 is 0 Å². The minimum atomic E-state index is 0.0337. The molecule has 2 aromatic heterocycles. The average Bonchev–Trinajstić information content (AvgIpc) is 2.16. The van der Waals surface area contributed by atoms with Gasteiger partial charge in [-0.05, 0) is 25.5 Å². The van der Waals surface area contributed by atoms with Gasteiger partial charge in [0.05, 0.1) is 5.39 Å². The van der Waals surface area contributed by atoms with E-state index in [1.807, 2.05) is 26.0 Å². The van der Waals surface area contributed by atoms with E-state index in [1.165, 1.54) is 0 Å². The molecule has 0 unspecified atom stereocenters. The second-order valence-corrected chi connectivity index (χ2v) is 3.37. The Morgan fingerprint density at radius 2 is 2.21 bits per heavy atom. The second kappa shape index (κ2) is 3.25. The van der Waals surface area contributed by atoms with Gasteiger partial charge in [0.15, 0.2) is 5.43 Å². The van der Waals surface area contributed by atoms with Gasteiger partial charge in [0.25, 0.3) is 0 Å². The molecule has 2 heterocycles. The third-order valence-corrected chi connectivity index (χ3v) is 2.24. The van der Waals surface area contributed by atoms with Crippen LogP contribution in [-0.4, -0.2) is 9.97 Å². The van der Waals surface area contributed by atoms with Gasteiger partial charge in [0, 0.05) is 17.5 Å². The lowest BCUT2D eigenvalue weighted by atomic mass is 10.2. The average molecular weight is 188 g/mol. The van der Waals surface area contributed by atoms with Gasteiger partial charge < -0.3 is 4.98 Å². The van der Waals surface area contributed by atoms with Gasteiger partial charge >= 0.3 is 0 Å². The molecular formula is C11H12N2O. The Balaban J connectivity index is 2.82. The maximum absolute atomic E-state index is 11.5. The summed E-state index contributed by atoms with van der Waals surface area (Å²) in [5, 5.41) is 0.660. The van der Waals surface area contributed by atoms with Crippen LogP contribution in [0.1, 0.15) is 18.3 Å². The molecule has 3 nitrogen and oxygen atoms in total. The van der Waals surface area contributed by atoms with Crippen LogP contribution in [0.4, 0.5) is 0 Å². The molecule has 3 heteroatoms. The zero-order valence-corrected chi connectivity index (χ0v) is 8.29. The van der Waals surface area contributed by atoms with Gasteiger partial charge in [-0.1, -0.05) is 6.92 Å². The molecule has 0 saturated heterocycles. The molecule has 0 spiro atoms. The molecule has 0 radical (unpaired) electrons. The number of nitrogens with one attached hydrogen (secondary N) is 1. The Morgan fingerprint density at radius 3 is 2.93 bits per heavy atom. The zero-order valence-electron chi connectivity index (χ0n) is 8.29. The minimum Gasteiger partial charge on any atom is -0.343 e. The first-order chi connectivity index (χ1) is 6.70. The summed E-state index contributed by atoms with van der Waals surface area (Å²) in [6, 6.07) is 5.32. The Bertz CT molecular complexity index is 528. The maximum atomic E-state index is 11.5. The molecule has 2 rings (SSSR count). The minimum absolute atomic E-state index is 0.0337. The number of pyridine rings is 2. The number of H-pyrrole nitrogens is 1. The number of hydrogen-bond donors (Lipinski definition) is 1. The van der Waals surface area contributed by atoms with Gasteiger partial charge in [-0.25, -0.2) is 4.98 Å². The van der Waals surface area contributed by atoms with Crippen LogP contribution in [0.3, 0.4) is 0 Å². The molecule has 72 valence electrons. The third-order valence-electron chi connectivity index (χ3n) is 2.24. The molecule has 14 heavy (non-hydrogen) atoms. The predicted octanol–water partition coefficient (Wildman–Crippen LogP) is 1.79. The van der Waals surface area contributed by atoms with Gasteiger partial charge in [-0.2, -0.15) is 0 Å². The molecule has 2 aromatic rings. The van der Waals surface area contributed by atoms with E-state index in [0.717, 1.165) is 17.8 Å². The lowest BCUT2D eigenvalue weighted by Gasteiger charge is -2.01. The number of aromatic amines is 1. The van der Waals surface area contributed by atoms with E-state index in [4.69, 9.17) is 0 Å². The molecule has 0 fully saturated rings. The van der Waals surface area contributed by atoms with Gasteiger partial charge in [0.1, 0.15) is 5.65 Å². The summed E-state index contributed by atoms with van der Waals surface area (Å²) in [4.78, 5) is 19.0. The van der Waals surface area contributed by atoms with Crippen molar-refractivity contribution in [3.05, 3.63) is 39.8 Å². The van der Waals surface area contributed by atoms with E-state index >= 15 is 0 Å². The van der Waals surface area contributed by atoms with Crippen molar-refractivity contribution in [3.63, 3.8) is 0 Å². The maximum Gasteiger partial charge on any atom is 0.191 e. The van der Waals surface area contributed by atoms with Crippen LogP contribution in [0.25, 0.3) is 11.0 Å². The van der Waals surface area contributed by atoms with E-state index in [2.05, 4.69) is 9.97 Å². The fourth-order valence-electron chi connectivity index (χ4n) is 1.49. The first-order valence-corrected chi connectivity index (χ1v) is 4.70. The predicted molar refractivity (Wildman–Crippen MR) is 56.5 cm³/mol. The quantitative estimate of drug-likeness (QED) is 0.741. The summed E-state index contributed by atoms with van der Waals surface area (Å²) in [5.74, 6) is 0. The van der Waals surface area contributed by atoms with Crippen molar-refractivity contribution < 1.29 is 0 Å². The van der Waals surface area contributed by atoms with Crippen molar-refractivity contribution >= 4 is 11.0 Å². The summed E-state index contributed by atoms with van der Waals surface area (Å²) < 4.78 is 0. The van der Waals surface area contributed by atoms with Crippen LogP contribution in [0.2, 0.25) is 0 Å². The highest BCUT2D eigenvalue weighted by Gasteiger charge is 2.01. The summed E-state index contributed by atoms with van der Waals surface area (Å²) in [5.41, 5.74) is 2.57. The van der Waals surface area contributed by atoms with Crippen LogP contribution in [0.5, 0.6) is 0 Å². The molecular weight excluding hydrogens is 176 g/mol. The molecule has 1 N–H and O–H groups in total. The fraction of sp³-hybridized carbons (Fsp3) is 0.273. The molecule has 0 aliphatic carbocycles. The van der Waals surface area contributed by atoms with Crippen LogP contribution < -0.4 is 5.43 Å². The Morgan fingerprint density at radius 1 is 1.43 bits per heavy atom. The van der Waals surface area contributed by atoms with Crippen molar-refractivity contribution in [3.8, 4) is 0 Å². The monoisotopic (exact) mass is 188 g/mol. The Hall–Kier alpha value is -1.64. The second-order valence-electron chi connectivity index (χ2n) is 3.37. The first-order valence-electron chi connectivity index (χ1n) is 4.70. The standard InChI is InChI=1S/C11H12N2O/c1-3-8-4-5-9-10(14)6-7(2)12-11(9)13-8/h4-6H,3H2,1-2H3,(H,12,13,14). The molecule has 0 saturated carbocycles. The highest BCUT2D eigenvalue weighted by molar-refractivity contribution is 5.74. The van der Waals surface area contributed by atoms with Crippen molar-refractivity contribution in [2.75, 3.05) is 0 Å². The third kappa shape index (κ3) is 1.41. The first kappa shape index (κ1) is 8.94. The number of fused-ring (bicyclic) bond motifs is 1. The SMILES string of the molecule is CCc1ccc2c(=O)cc(C)[nH]c2n1. The Kier molecular flexibility index (Phi) is 2.08. The summed E-state index contributed by atoms with van der Waals surface area (Å²) in [6.07, 6.45) is 0.881. The lowest BCUT2D eigenvalue weighted by molar-refractivity contribution is 1.04. The van der Waals surface area contributed by atoms with Gasteiger partial charge in [-0.3, -0.25) is 4.79 Å². The Labute approximate surface area is 81.8 Å². The molecule has 0 atom stereocenters. The molecule has 0 bridgehead atoms. The smallest absolute Gasteiger partial charge is 0.191 e. The molecule has 0 aliphatic heterocycles. The van der Waals surface area contributed by atoms with Crippen LogP contribution in [0.15, 0.2) is 23.0 Å². The zero-order chi connectivity index (χ0) is 10.1. The topological polar surface area (TPSA) is 45.8 Å². The molecule has 0 amide bonds. The highest BCUT2D eigenvalue weighted by atomic mass is 16.1. The van der Waals surface area contributed by atoms with E-state index in [0.29, 0.717) is 11.0 Å². The number of hydrogen-bond acceptors (Lipinski definition) is 2. The number of nitrogens with zero attached hydrogens (tertiary/aromatic N) is 1. The van der Waals surface area contributed by atoms with Crippen LogP contribution in [0, 0.1) is 6.92 Å². The summed E-state index contributed by atoms with van der Waals surface area (Å²) in [6.45, 7) is 3.91. The van der Waals surface area contributed by atoms with E-state index in [1.54, 1.807) is 6.07 Å². The largest absolute Gasteiger partial charge is 0.343 e. The summed E-state index contributed by atoms with van der Waals surface area (Å²) >= 11 is 0. The fourth-order valence-corrected chi connectivity index (χ4v) is 1.49. The number of aryl methyl sites for hydroxylation is 2. The summed E-state index contributed by atoms with van der Waals surface area (Å²) in [7, 11) is 0. The van der Waals surface area contributed by atoms with E-state index in [9.17, 15) is 4.79 Å². The van der Waals surface area contributed by atoms with Crippen molar-refractivity contribution in [1.82, 2.24) is 9.97 Å². The van der Waals surface area contributed by atoms with Gasteiger partial charge in [-0.15, -0.1) is 0 Å². The lowest BCUT2D eigenvalue weighted by Crippen LogP contribution is -2.05. The van der Waals surface area contributed by atoms with Crippen LogP contribution in [-0.2, 0) is 6.42 Å². The van der Waals surface area contributed by atoms with Crippen molar-refractivity contribution in [2.45, 2.75) is 20.3 Å². The van der Waals surface area contributed by atoms with E-state index in [-0.39, 0.29) is 5.43 Å². The molecule has 0 aromatic carbocycles. The normalized spacial score (nSPS) is 10.7. The highest BCUT2D eigenvalue weighted by Crippen LogP contribution is 2.06. The van der Waals surface area contributed by atoms with Crippen molar-refractivity contribution in [2.24, 2.45) is 0 Å².